The first-order chi connectivity index (χ1) is 10.1. The third-order valence-electron chi connectivity index (χ3n) is 4.74. The van der Waals surface area contributed by atoms with E-state index in [0.29, 0.717) is 5.57 Å². The number of esters is 1. The minimum atomic E-state index is -1.93. The standard InChI is InChI=1S/C16H26O5Si/c1-16(2,3)22(5,6)21-11-9-10(7-8-12(17)19-4)13(18)15-14(11)20-15/h7-9,11,13-15,18H,1-6H3/b8-7+/t11-,13+,14+,15-/m0/s1. The van der Waals surface area contributed by atoms with Crippen LogP contribution in [0.2, 0.25) is 18.1 Å². The number of epoxide rings is 1. The molecule has 0 bridgehead atoms. The summed E-state index contributed by atoms with van der Waals surface area (Å²) in [6.07, 6.45) is 3.55. The van der Waals surface area contributed by atoms with Crippen LogP contribution in [0.25, 0.3) is 0 Å². The first-order valence-electron chi connectivity index (χ1n) is 7.56. The zero-order valence-corrected chi connectivity index (χ0v) is 15.1. The minimum absolute atomic E-state index is 0.0839. The van der Waals surface area contributed by atoms with Crippen molar-refractivity contribution in [2.75, 3.05) is 7.11 Å². The van der Waals surface area contributed by atoms with E-state index in [9.17, 15) is 9.90 Å². The number of aliphatic hydroxyl groups is 1. The SMILES string of the molecule is COC(=O)/C=C/C1=C[C@H](O[Si](C)(C)C(C)(C)C)[C@H]2O[C@H]2[C@@H]1O. The Morgan fingerprint density at radius 1 is 1.36 bits per heavy atom. The molecule has 0 amide bonds. The van der Waals surface area contributed by atoms with Gasteiger partial charge in [0, 0.05) is 6.08 Å². The molecular formula is C16H26O5Si. The number of carbonyl (C=O) groups is 1. The Hall–Kier alpha value is -0.953. The highest BCUT2D eigenvalue weighted by Gasteiger charge is 2.55. The molecule has 1 saturated heterocycles. The van der Waals surface area contributed by atoms with Crippen molar-refractivity contribution in [3.8, 4) is 0 Å². The molecule has 0 saturated carbocycles. The molecule has 1 fully saturated rings. The van der Waals surface area contributed by atoms with Crippen molar-refractivity contribution in [1.82, 2.24) is 0 Å². The van der Waals surface area contributed by atoms with E-state index in [4.69, 9.17) is 9.16 Å². The molecule has 5 nitrogen and oxygen atoms in total. The Morgan fingerprint density at radius 2 is 2.00 bits per heavy atom. The Kier molecular flexibility index (Phi) is 4.68. The fraction of sp³-hybridized carbons (Fsp3) is 0.688. The normalized spacial score (nSPS) is 31.7. The highest BCUT2D eigenvalue weighted by Crippen LogP contribution is 2.43. The van der Waals surface area contributed by atoms with Crippen LogP contribution in [0, 0.1) is 0 Å². The molecule has 0 unspecified atom stereocenters. The Bertz CT molecular complexity index is 503. The van der Waals surface area contributed by atoms with Gasteiger partial charge >= 0.3 is 5.97 Å². The van der Waals surface area contributed by atoms with Crippen LogP contribution in [0.15, 0.2) is 23.8 Å². The maximum Gasteiger partial charge on any atom is 0.330 e. The van der Waals surface area contributed by atoms with Crippen LogP contribution in [0.3, 0.4) is 0 Å². The summed E-state index contributed by atoms with van der Waals surface area (Å²) in [6, 6.07) is 0. The maximum absolute atomic E-state index is 11.2. The number of rotatable bonds is 4. The molecule has 1 heterocycles. The van der Waals surface area contributed by atoms with Gasteiger partial charge in [-0.05, 0) is 35.9 Å². The van der Waals surface area contributed by atoms with Crippen LogP contribution < -0.4 is 0 Å². The zero-order chi connectivity index (χ0) is 16.7. The van der Waals surface area contributed by atoms with Crippen molar-refractivity contribution in [1.29, 1.82) is 0 Å². The number of aliphatic hydroxyl groups excluding tert-OH is 1. The lowest BCUT2D eigenvalue weighted by molar-refractivity contribution is -0.134. The zero-order valence-electron chi connectivity index (χ0n) is 14.1. The first kappa shape index (κ1) is 17.4. The van der Waals surface area contributed by atoms with Gasteiger partial charge in [-0.1, -0.05) is 20.8 Å². The Balaban J connectivity index is 2.17. The number of fused-ring (bicyclic) bond motifs is 1. The van der Waals surface area contributed by atoms with Gasteiger partial charge in [0.1, 0.15) is 18.3 Å². The van der Waals surface area contributed by atoms with Crippen LogP contribution >= 0.6 is 0 Å². The fourth-order valence-electron chi connectivity index (χ4n) is 2.23. The van der Waals surface area contributed by atoms with Gasteiger partial charge in [-0.2, -0.15) is 0 Å². The van der Waals surface area contributed by atoms with E-state index in [2.05, 4.69) is 38.6 Å². The van der Waals surface area contributed by atoms with Gasteiger partial charge in [0.05, 0.1) is 13.2 Å². The van der Waals surface area contributed by atoms with Gasteiger partial charge in [0.15, 0.2) is 8.32 Å². The largest absolute Gasteiger partial charge is 0.466 e. The quantitative estimate of drug-likeness (QED) is 0.371. The highest BCUT2D eigenvalue weighted by atomic mass is 28.4. The van der Waals surface area contributed by atoms with Crippen LogP contribution in [0.4, 0.5) is 0 Å². The van der Waals surface area contributed by atoms with Crippen LogP contribution in [-0.4, -0.2) is 50.9 Å². The third-order valence-corrected chi connectivity index (χ3v) is 9.22. The van der Waals surface area contributed by atoms with Gasteiger partial charge < -0.3 is 19.0 Å². The van der Waals surface area contributed by atoms with E-state index < -0.39 is 20.4 Å². The minimum Gasteiger partial charge on any atom is -0.466 e. The van der Waals surface area contributed by atoms with Crippen LogP contribution in [0.1, 0.15) is 20.8 Å². The molecule has 4 atom stereocenters. The predicted octanol–water partition coefficient (Wildman–Crippen LogP) is 2.17. The van der Waals surface area contributed by atoms with Gasteiger partial charge in [0.2, 0.25) is 0 Å². The van der Waals surface area contributed by atoms with Crippen molar-refractivity contribution in [3.05, 3.63) is 23.8 Å². The van der Waals surface area contributed by atoms with Crippen molar-refractivity contribution < 1.29 is 23.8 Å². The fourth-order valence-corrected chi connectivity index (χ4v) is 3.47. The molecule has 1 N–H and O–H groups in total. The molecule has 1 aliphatic heterocycles. The molecule has 1 aliphatic carbocycles. The van der Waals surface area contributed by atoms with E-state index in [-0.39, 0.29) is 23.4 Å². The van der Waals surface area contributed by atoms with Crippen LogP contribution in [-0.2, 0) is 18.7 Å². The summed E-state index contributed by atoms with van der Waals surface area (Å²) < 4.78 is 16.5. The van der Waals surface area contributed by atoms with Crippen molar-refractivity contribution in [3.63, 3.8) is 0 Å². The van der Waals surface area contributed by atoms with E-state index in [0.717, 1.165) is 0 Å². The van der Waals surface area contributed by atoms with Crippen LogP contribution in [0.5, 0.6) is 0 Å². The van der Waals surface area contributed by atoms with Gasteiger partial charge in [-0.25, -0.2) is 4.79 Å². The summed E-state index contributed by atoms with van der Waals surface area (Å²) in [6.45, 7) is 10.9. The summed E-state index contributed by atoms with van der Waals surface area (Å²) in [5.41, 5.74) is 0.646. The second kappa shape index (κ2) is 5.92. The number of hydrogen-bond donors (Lipinski definition) is 1. The van der Waals surface area contributed by atoms with Crippen molar-refractivity contribution in [2.24, 2.45) is 0 Å². The third kappa shape index (κ3) is 3.51. The monoisotopic (exact) mass is 326 g/mol. The average molecular weight is 326 g/mol. The molecule has 22 heavy (non-hydrogen) atoms. The Labute approximate surface area is 133 Å². The van der Waals surface area contributed by atoms with E-state index in [1.165, 1.54) is 13.2 Å². The molecule has 0 aromatic rings. The first-order valence-corrected chi connectivity index (χ1v) is 10.5. The summed E-state index contributed by atoms with van der Waals surface area (Å²) >= 11 is 0. The van der Waals surface area contributed by atoms with Gasteiger partial charge in [0.25, 0.3) is 0 Å². The topological polar surface area (TPSA) is 68.3 Å². The van der Waals surface area contributed by atoms with E-state index >= 15 is 0 Å². The number of hydrogen-bond acceptors (Lipinski definition) is 5. The molecule has 124 valence electrons. The number of carbonyl (C=O) groups excluding carboxylic acids is 1. The maximum atomic E-state index is 11.2. The predicted molar refractivity (Wildman–Crippen MR) is 86.0 cm³/mol. The van der Waals surface area contributed by atoms with Crippen molar-refractivity contribution >= 4 is 14.3 Å². The second-order valence-electron chi connectivity index (χ2n) is 7.38. The molecule has 0 aromatic carbocycles. The second-order valence-corrected chi connectivity index (χ2v) is 12.1. The highest BCUT2D eigenvalue weighted by molar-refractivity contribution is 6.74. The van der Waals surface area contributed by atoms with E-state index in [1.807, 2.05) is 6.08 Å². The summed E-state index contributed by atoms with van der Waals surface area (Å²) in [7, 11) is -0.611. The molecule has 0 radical (unpaired) electrons. The molecule has 0 aromatic heterocycles. The summed E-state index contributed by atoms with van der Waals surface area (Å²) in [5.74, 6) is -0.450. The van der Waals surface area contributed by atoms with E-state index in [1.54, 1.807) is 6.08 Å². The van der Waals surface area contributed by atoms with Gasteiger partial charge in [-0.15, -0.1) is 0 Å². The molecule has 0 spiro atoms. The Morgan fingerprint density at radius 3 is 2.55 bits per heavy atom. The summed E-state index contributed by atoms with van der Waals surface area (Å²) in [4.78, 5) is 11.2. The molecule has 6 heteroatoms. The summed E-state index contributed by atoms with van der Waals surface area (Å²) in [5, 5.41) is 10.3. The molecular weight excluding hydrogens is 300 g/mol. The lowest BCUT2D eigenvalue weighted by atomic mass is 9.94. The number of ether oxygens (including phenoxy) is 2. The van der Waals surface area contributed by atoms with Gasteiger partial charge in [-0.3, -0.25) is 0 Å². The lowest BCUT2D eigenvalue weighted by Crippen LogP contribution is -2.46. The number of methoxy groups -OCH3 is 1. The smallest absolute Gasteiger partial charge is 0.330 e. The average Bonchev–Trinajstić information content (AvgIpc) is 3.19. The molecule has 2 rings (SSSR count). The van der Waals surface area contributed by atoms with Crippen molar-refractivity contribution in [2.45, 2.75) is 63.3 Å². The molecule has 2 aliphatic rings. The lowest BCUT2D eigenvalue weighted by Gasteiger charge is -2.39.